The van der Waals surface area contributed by atoms with Gasteiger partial charge in [-0.2, -0.15) is 5.26 Å². The summed E-state index contributed by atoms with van der Waals surface area (Å²) in [5, 5.41) is 8.65. The fraction of sp³-hybridized carbons (Fsp3) is 0.267. The Bertz CT molecular complexity index is 740. The molecule has 2 N–H and O–H groups in total. The number of aromatic nitrogens is 1. The molecule has 0 saturated carbocycles. The van der Waals surface area contributed by atoms with E-state index in [4.69, 9.17) is 5.26 Å². The molecular weight excluding hydrogens is 286 g/mol. The van der Waals surface area contributed by atoms with E-state index in [9.17, 15) is 8.42 Å². The molecule has 0 aliphatic heterocycles. The van der Waals surface area contributed by atoms with Crippen LogP contribution in [0.15, 0.2) is 36.4 Å². The maximum absolute atomic E-state index is 11.7. The van der Waals surface area contributed by atoms with Crippen LogP contribution in [0.3, 0.4) is 0 Å². The van der Waals surface area contributed by atoms with Gasteiger partial charge in [-0.3, -0.25) is 4.72 Å². The summed E-state index contributed by atoms with van der Waals surface area (Å²) in [5.74, 6) is 0.114. The monoisotopic (exact) mass is 303 g/mol. The second-order valence-corrected chi connectivity index (χ2v) is 6.57. The Kier molecular flexibility index (Phi) is 4.66. The van der Waals surface area contributed by atoms with Gasteiger partial charge in [0, 0.05) is 17.1 Å². The zero-order chi connectivity index (χ0) is 15.3. The van der Waals surface area contributed by atoms with E-state index in [-0.39, 0.29) is 5.75 Å². The van der Waals surface area contributed by atoms with Crippen LogP contribution in [0.4, 0.5) is 5.69 Å². The third-order valence-corrected chi connectivity index (χ3v) is 4.45. The number of H-pyrrole nitrogens is 1. The average Bonchev–Trinajstić information content (AvgIpc) is 2.88. The molecule has 1 aromatic carbocycles. The number of nitrogens with one attached hydrogen (secondary N) is 2. The van der Waals surface area contributed by atoms with E-state index in [0.717, 1.165) is 17.0 Å². The SMILES string of the molecule is CCCS(=O)(=O)Nc1ccc(-c2ccc(CC#N)[nH]2)cc1. The van der Waals surface area contributed by atoms with Gasteiger partial charge >= 0.3 is 0 Å². The lowest BCUT2D eigenvalue weighted by Gasteiger charge is -2.07. The van der Waals surface area contributed by atoms with Crippen LogP contribution in [0.25, 0.3) is 11.3 Å². The number of aromatic amines is 1. The highest BCUT2D eigenvalue weighted by Crippen LogP contribution is 2.21. The van der Waals surface area contributed by atoms with Crippen molar-refractivity contribution in [2.75, 3.05) is 10.5 Å². The molecule has 0 atom stereocenters. The Balaban J connectivity index is 2.13. The van der Waals surface area contributed by atoms with E-state index in [1.165, 1.54) is 0 Å². The van der Waals surface area contributed by atoms with Crippen LogP contribution in [0.1, 0.15) is 19.0 Å². The number of nitriles is 1. The van der Waals surface area contributed by atoms with Crippen molar-refractivity contribution < 1.29 is 8.42 Å². The molecule has 1 heterocycles. The van der Waals surface area contributed by atoms with Crippen LogP contribution in [0, 0.1) is 11.3 Å². The van der Waals surface area contributed by atoms with Crippen molar-refractivity contribution in [1.82, 2.24) is 4.98 Å². The second kappa shape index (κ2) is 6.46. The number of anilines is 1. The first-order valence-corrected chi connectivity index (χ1v) is 8.35. The van der Waals surface area contributed by atoms with Crippen LogP contribution in [-0.4, -0.2) is 19.2 Å². The number of rotatable bonds is 6. The smallest absolute Gasteiger partial charge is 0.232 e. The molecule has 5 nitrogen and oxygen atoms in total. The van der Waals surface area contributed by atoms with Crippen molar-refractivity contribution in [3.63, 3.8) is 0 Å². The van der Waals surface area contributed by atoms with Gasteiger partial charge in [-0.1, -0.05) is 19.1 Å². The zero-order valence-corrected chi connectivity index (χ0v) is 12.6. The largest absolute Gasteiger partial charge is 0.358 e. The van der Waals surface area contributed by atoms with Crippen LogP contribution in [0.2, 0.25) is 0 Å². The highest BCUT2D eigenvalue weighted by atomic mass is 32.2. The minimum Gasteiger partial charge on any atom is -0.358 e. The first-order valence-electron chi connectivity index (χ1n) is 6.70. The van der Waals surface area contributed by atoms with Crippen molar-refractivity contribution in [3.05, 3.63) is 42.1 Å². The normalized spacial score (nSPS) is 11.0. The standard InChI is InChI=1S/C15H17N3O2S/c1-2-11-21(19,20)18-14-5-3-12(4-6-14)15-8-7-13(17-15)9-10-16/h3-8,17-18H,2,9,11H2,1H3. The molecule has 1 aromatic heterocycles. The molecule has 0 aliphatic rings. The van der Waals surface area contributed by atoms with Crippen LogP contribution in [0.5, 0.6) is 0 Å². The van der Waals surface area contributed by atoms with Gasteiger partial charge < -0.3 is 4.98 Å². The Morgan fingerprint density at radius 3 is 2.52 bits per heavy atom. The summed E-state index contributed by atoms with van der Waals surface area (Å²) in [5.41, 5.74) is 3.26. The van der Waals surface area contributed by atoms with Gasteiger partial charge in [0.15, 0.2) is 0 Å². The minimum absolute atomic E-state index is 0.114. The molecule has 0 saturated heterocycles. The average molecular weight is 303 g/mol. The van der Waals surface area contributed by atoms with Gasteiger partial charge in [0.2, 0.25) is 10.0 Å². The van der Waals surface area contributed by atoms with Gasteiger partial charge in [0.25, 0.3) is 0 Å². The van der Waals surface area contributed by atoms with Crippen LogP contribution < -0.4 is 4.72 Å². The lowest BCUT2D eigenvalue weighted by molar-refractivity contribution is 0.600. The first-order chi connectivity index (χ1) is 10.0. The maximum atomic E-state index is 11.7. The van der Waals surface area contributed by atoms with Crippen molar-refractivity contribution in [2.45, 2.75) is 19.8 Å². The van der Waals surface area contributed by atoms with Crippen molar-refractivity contribution in [1.29, 1.82) is 5.26 Å². The summed E-state index contributed by atoms with van der Waals surface area (Å²) in [6.45, 7) is 1.83. The summed E-state index contributed by atoms with van der Waals surface area (Å²) in [7, 11) is -3.26. The Morgan fingerprint density at radius 1 is 1.19 bits per heavy atom. The number of sulfonamides is 1. The van der Waals surface area contributed by atoms with Crippen molar-refractivity contribution >= 4 is 15.7 Å². The maximum Gasteiger partial charge on any atom is 0.232 e. The van der Waals surface area contributed by atoms with E-state index < -0.39 is 10.0 Å². The molecule has 0 fully saturated rings. The van der Waals surface area contributed by atoms with E-state index in [1.54, 1.807) is 12.1 Å². The lowest BCUT2D eigenvalue weighted by Crippen LogP contribution is -2.15. The fourth-order valence-electron chi connectivity index (χ4n) is 2.01. The summed E-state index contributed by atoms with van der Waals surface area (Å²) in [4.78, 5) is 3.16. The zero-order valence-electron chi connectivity index (χ0n) is 11.8. The second-order valence-electron chi connectivity index (χ2n) is 4.73. The quantitative estimate of drug-likeness (QED) is 0.860. The minimum atomic E-state index is -3.26. The van der Waals surface area contributed by atoms with Gasteiger partial charge in [-0.25, -0.2) is 8.42 Å². The number of nitrogens with zero attached hydrogens (tertiary/aromatic N) is 1. The van der Waals surface area contributed by atoms with E-state index >= 15 is 0 Å². The molecule has 21 heavy (non-hydrogen) atoms. The molecule has 2 rings (SSSR count). The van der Waals surface area contributed by atoms with E-state index in [0.29, 0.717) is 18.5 Å². The Morgan fingerprint density at radius 2 is 1.90 bits per heavy atom. The summed E-state index contributed by atoms with van der Waals surface area (Å²) in [6.07, 6.45) is 0.923. The number of benzene rings is 1. The molecule has 110 valence electrons. The van der Waals surface area contributed by atoms with Gasteiger partial charge in [0.1, 0.15) is 0 Å². The Labute approximate surface area is 124 Å². The Hall–Kier alpha value is -2.26. The predicted octanol–water partition coefficient (Wildman–Crippen LogP) is 2.90. The van der Waals surface area contributed by atoms with Gasteiger partial charge in [0.05, 0.1) is 18.2 Å². The van der Waals surface area contributed by atoms with Gasteiger partial charge in [-0.05, 0) is 36.2 Å². The summed E-state index contributed by atoms with van der Waals surface area (Å²) < 4.78 is 25.9. The third-order valence-electron chi connectivity index (χ3n) is 2.96. The van der Waals surface area contributed by atoms with Crippen LogP contribution in [-0.2, 0) is 16.4 Å². The van der Waals surface area contributed by atoms with E-state index in [2.05, 4.69) is 15.8 Å². The first kappa shape index (κ1) is 15.1. The number of hydrogen-bond acceptors (Lipinski definition) is 3. The highest BCUT2D eigenvalue weighted by molar-refractivity contribution is 7.92. The predicted molar refractivity (Wildman–Crippen MR) is 83.2 cm³/mol. The molecule has 0 bridgehead atoms. The summed E-state index contributed by atoms with van der Waals surface area (Å²) in [6, 6.07) is 13.0. The van der Waals surface area contributed by atoms with Crippen LogP contribution >= 0.6 is 0 Å². The highest BCUT2D eigenvalue weighted by Gasteiger charge is 2.09. The molecule has 0 aliphatic carbocycles. The van der Waals surface area contributed by atoms with Crippen molar-refractivity contribution in [2.24, 2.45) is 0 Å². The molecular formula is C15H17N3O2S. The third kappa shape index (κ3) is 4.10. The molecule has 0 amide bonds. The van der Waals surface area contributed by atoms with Crippen molar-refractivity contribution in [3.8, 4) is 17.3 Å². The molecule has 0 spiro atoms. The van der Waals surface area contributed by atoms with Gasteiger partial charge in [-0.15, -0.1) is 0 Å². The fourth-order valence-corrected chi connectivity index (χ4v) is 3.15. The number of hydrogen-bond donors (Lipinski definition) is 2. The lowest BCUT2D eigenvalue weighted by atomic mass is 10.1. The molecule has 6 heteroatoms. The van der Waals surface area contributed by atoms with E-state index in [1.807, 2.05) is 31.2 Å². The molecule has 0 radical (unpaired) electrons. The molecule has 2 aromatic rings. The summed E-state index contributed by atoms with van der Waals surface area (Å²) >= 11 is 0. The topological polar surface area (TPSA) is 85.8 Å². The molecule has 0 unspecified atom stereocenters.